The summed E-state index contributed by atoms with van der Waals surface area (Å²) in [5.74, 6) is 0. The lowest BCUT2D eigenvalue weighted by atomic mass is 10.3. The van der Waals surface area contributed by atoms with Gasteiger partial charge in [0.05, 0.1) is 9.95 Å². The van der Waals surface area contributed by atoms with Crippen molar-refractivity contribution in [1.29, 1.82) is 0 Å². The minimum absolute atomic E-state index is 0.0232. The lowest BCUT2D eigenvalue weighted by Gasteiger charge is -2.05. The first kappa shape index (κ1) is 10.6. The van der Waals surface area contributed by atoms with Gasteiger partial charge in [0.1, 0.15) is 18.6 Å². The summed E-state index contributed by atoms with van der Waals surface area (Å²) in [6, 6.07) is 0. The molecule has 1 N–H and O–H groups in total. The van der Waals surface area contributed by atoms with E-state index in [9.17, 15) is 14.5 Å². The summed E-state index contributed by atoms with van der Waals surface area (Å²) in [5.41, 5.74) is -0.157. The van der Waals surface area contributed by atoms with Crippen molar-refractivity contribution >= 4 is 23.0 Å². The van der Waals surface area contributed by atoms with Crippen molar-refractivity contribution in [2.24, 2.45) is 0 Å². The van der Waals surface area contributed by atoms with E-state index in [1.165, 1.54) is 6.20 Å². The molecule has 76 valence electrons. The van der Waals surface area contributed by atoms with Crippen molar-refractivity contribution < 1.29 is 9.31 Å². The highest BCUT2D eigenvalue weighted by Gasteiger charge is 2.16. The molecule has 0 fully saturated rings. The molecule has 0 aromatic carbocycles. The van der Waals surface area contributed by atoms with Crippen molar-refractivity contribution in [3.8, 4) is 0 Å². The number of halogens is 2. The maximum atomic E-state index is 11.9. The minimum atomic E-state index is -0.629. The average Bonchev–Trinajstić information content (AvgIpc) is 2.15. The highest BCUT2D eigenvalue weighted by atomic mass is 35.5. The van der Waals surface area contributed by atoms with E-state index in [1.54, 1.807) is 0 Å². The third-order valence-electron chi connectivity index (χ3n) is 1.47. The van der Waals surface area contributed by atoms with Crippen LogP contribution < -0.4 is 5.32 Å². The summed E-state index contributed by atoms with van der Waals surface area (Å²) in [7, 11) is 0. The molecule has 0 unspecified atom stereocenters. The normalized spacial score (nSPS) is 9.86. The molecule has 5 nitrogen and oxygen atoms in total. The van der Waals surface area contributed by atoms with Gasteiger partial charge in [-0.3, -0.25) is 15.1 Å². The molecule has 7 heteroatoms. The molecular weight excluding hydrogens is 213 g/mol. The smallest absolute Gasteiger partial charge is 0.311 e. The molecule has 0 amide bonds. The summed E-state index contributed by atoms with van der Waals surface area (Å²) >= 11 is 5.66. The molecule has 14 heavy (non-hydrogen) atoms. The fourth-order valence-corrected chi connectivity index (χ4v) is 1.13. The second-order valence-electron chi connectivity index (χ2n) is 2.39. The quantitative estimate of drug-likeness (QED) is 0.621. The number of hydrogen-bond donors (Lipinski definition) is 1. The Bertz CT molecular complexity index is 348. The number of nitrogens with one attached hydrogen (secondary N) is 1. The Kier molecular flexibility index (Phi) is 3.58. The van der Waals surface area contributed by atoms with Crippen molar-refractivity contribution in [1.82, 2.24) is 4.98 Å². The van der Waals surface area contributed by atoms with E-state index in [0.717, 1.165) is 6.20 Å². The van der Waals surface area contributed by atoms with Crippen LogP contribution in [0.4, 0.5) is 15.8 Å². The molecule has 0 saturated heterocycles. The Morgan fingerprint density at radius 1 is 1.64 bits per heavy atom. The van der Waals surface area contributed by atoms with Crippen molar-refractivity contribution in [3.05, 3.63) is 27.5 Å². The Balaban J connectivity index is 3.02. The number of pyridine rings is 1. The summed E-state index contributed by atoms with van der Waals surface area (Å²) in [6.45, 7) is -0.652. The lowest BCUT2D eigenvalue weighted by molar-refractivity contribution is -0.384. The van der Waals surface area contributed by atoms with Gasteiger partial charge in [-0.2, -0.15) is 0 Å². The van der Waals surface area contributed by atoms with Gasteiger partial charge in [0.15, 0.2) is 0 Å². The van der Waals surface area contributed by atoms with Gasteiger partial charge >= 0.3 is 5.69 Å². The largest absolute Gasteiger partial charge is 0.376 e. The molecule has 0 aliphatic rings. The maximum Gasteiger partial charge on any atom is 0.311 e. The third-order valence-corrected chi connectivity index (χ3v) is 1.76. The molecule has 1 aromatic rings. The summed E-state index contributed by atoms with van der Waals surface area (Å²) in [5, 5.41) is 13.1. The second-order valence-corrected chi connectivity index (χ2v) is 2.80. The van der Waals surface area contributed by atoms with Gasteiger partial charge in [-0.15, -0.1) is 0 Å². The Labute approximate surface area is 84.1 Å². The van der Waals surface area contributed by atoms with Gasteiger partial charge in [0.2, 0.25) is 0 Å². The number of rotatable bonds is 4. The zero-order valence-corrected chi connectivity index (χ0v) is 7.79. The fraction of sp³-hybridized carbons (Fsp3) is 0.286. The predicted octanol–water partition coefficient (Wildman–Crippen LogP) is 2.02. The number of anilines is 1. The highest BCUT2D eigenvalue weighted by molar-refractivity contribution is 6.33. The molecule has 0 saturated carbocycles. The molecule has 0 spiro atoms. The van der Waals surface area contributed by atoms with Gasteiger partial charge in [-0.05, 0) is 0 Å². The number of alkyl halides is 1. The molecular formula is C7H7ClFN3O2. The van der Waals surface area contributed by atoms with Gasteiger partial charge in [-0.1, -0.05) is 11.6 Å². The van der Waals surface area contributed by atoms with Crippen LogP contribution in [0.1, 0.15) is 0 Å². The zero-order chi connectivity index (χ0) is 10.6. The van der Waals surface area contributed by atoms with E-state index in [0.29, 0.717) is 0 Å². The molecule has 0 radical (unpaired) electrons. The zero-order valence-electron chi connectivity index (χ0n) is 7.04. The van der Waals surface area contributed by atoms with Crippen molar-refractivity contribution in [2.75, 3.05) is 18.5 Å². The fourth-order valence-electron chi connectivity index (χ4n) is 0.910. The molecule has 1 rings (SSSR count). The van der Waals surface area contributed by atoms with E-state index in [2.05, 4.69) is 10.3 Å². The van der Waals surface area contributed by atoms with Crippen LogP contribution in [0, 0.1) is 10.1 Å². The Hall–Kier alpha value is -1.43. The van der Waals surface area contributed by atoms with Crippen LogP contribution in [0.2, 0.25) is 5.02 Å². The number of aromatic nitrogens is 1. The molecule has 0 bridgehead atoms. The summed E-state index contributed by atoms with van der Waals surface area (Å²) in [6.07, 6.45) is 2.32. The SMILES string of the molecule is O=[N+]([O-])c1cncc(Cl)c1NCCF. The third kappa shape index (κ3) is 2.29. The van der Waals surface area contributed by atoms with E-state index >= 15 is 0 Å². The topological polar surface area (TPSA) is 68.1 Å². The monoisotopic (exact) mass is 219 g/mol. The summed E-state index contributed by atoms with van der Waals surface area (Å²) in [4.78, 5) is 13.5. The maximum absolute atomic E-state index is 11.9. The van der Waals surface area contributed by atoms with Crippen LogP contribution in [-0.2, 0) is 0 Å². The van der Waals surface area contributed by atoms with Crippen LogP contribution >= 0.6 is 11.6 Å². The van der Waals surface area contributed by atoms with E-state index in [4.69, 9.17) is 11.6 Å². The second kappa shape index (κ2) is 4.71. The van der Waals surface area contributed by atoms with Crippen LogP contribution in [0.3, 0.4) is 0 Å². The average molecular weight is 220 g/mol. The van der Waals surface area contributed by atoms with Gasteiger partial charge in [0.25, 0.3) is 0 Å². The highest BCUT2D eigenvalue weighted by Crippen LogP contribution is 2.30. The molecule has 0 aliphatic heterocycles. The standard InChI is InChI=1S/C7H7ClFN3O2/c8-5-3-10-4-6(12(13)14)7(5)11-2-1-9/h3-4H,1-2H2,(H,10,11). The Morgan fingerprint density at radius 2 is 2.36 bits per heavy atom. The van der Waals surface area contributed by atoms with Crippen LogP contribution in [-0.4, -0.2) is 23.1 Å². The van der Waals surface area contributed by atoms with Crippen LogP contribution in [0.15, 0.2) is 12.4 Å². The minimum Gasteiger partial charge on any atom is -0.376 e. The van der Waals surface area contributed by atoms with Gasteiger partial charge < -0.3 is 5.32 Å². The Morgan fingerprint density at radius 3 is 2.93 bits per heavy atom. The predicted molar refractivity (Wildman–Crippen MR) is 50.4 cm³/mol. The lowest BCUT2D eigenvalue weighted by Crippen LogP contribution is -2.06. The number of nitrogens with zero attached hydrogens (tertiary/aromatic N) is 2. The van der Waals surface area contributed by atoms with Gasteiger partial charge in [0, 0.05) is 12.7 Å². The van der Waals surface area contributed by atoms with Crippen LogP contribution in [0.5, 0.6) is 0 Å². The summed E-state index contributed by atoms with van der Waals surface area (Å²) < 4.78 is 11.9. The molecule has 0 aliphatic carbocycles. The first-order chi connectivity index (χ1) is 6.66. The van der Waals surface area contributed by atoms with E-state index < -0.39 is 11.6 Å². The molecule has 1 heterocycles. The van der Waals surface area contributed by atoms with Crippen LogP contribution in [0.25, 0.3) is 0 Å². The number of hydrogen-bond acceptors (Lipinski definition) is 4. The van der Waals surface area contributed by atoms with E-state index in [-0.39, 0.29) is 22.9 Å². The first-order valence-corrected chi connectivity index (χ1v) is 4.12. The van der Waals surface area contributed by atoms with Gasteiger partial charge in [-0.25, -0.2) is 4.39 Å². The van der Waals surface area contributed by atoms with Crippen molar-refractivity contribution in [3.63, 3.8) is 0 Å². The molecule has 1 aromatic heterocycles. The number of nitro groups is 1. The molecule has 0 atom stereocenters. The first-order valence-electron chi connectivity index (χ1n) is 3.74. The van der Waals surface area contributed by atoms with Crippen molar-refractivity contribution in [2.45, 2.75) is 0 Å². The van der Waals surface area contributed by atoms with E-state index in [1.807, 2.05) is 0 Å².